The van der Waals surface area contributed by atoms with Crippen molar-refractivity contribution < 1.29 is 14.3 Å². The molecule has 3 N–H and O–H groups in total. The number of amides is 1. The van der Waals surface area contributed by atoms with Gasteiger partial charge in [-0.05, 0) is 29.8 Å². The Morgan fingerprint density at radius 3 is 2.65 bits per heavy atom. The first-order valence-corrected chi connectivity index (χ1v) is 7.23. The van der Waals surface area contributed by atoms with Crippen molar-refractivity contribution in [2.24, 2.45) is 5.73 Å². The SMILES string of the molecule is NC(=O)COc1ccc(-c2cc3c(C=O)c[nH]c3cc2Cl)cc1. The molecule has 0 bridgehead atoms. The molecule has 0 unspecified atom stereocenters. The highest BCUT2D eigenvalue weighted by Crippen LogP contribution is 2.33. The number of aromatic nitrogens is 1. The number of nitrogens with two attached hydrogens (primary N) is 1. The van der Waals surface area contributed by atoms with Crippen molar-refractivity contribution in [2.75, 3.05) is 6.61 Å². The van der Waals surface area contributed by atoms with Gasteiger partial charge in [-0.2, -0.15) is 0 Å². The van der Waals surface area contributed by atoms with E-state index in [1.54, 1.807) is 24.4 Å². The minimum absolute atomic E-state index is 0.169. The van der Waals surface area contributed by atoms with E-state index in [1.165, 1.54) is 0 Å². The summed E-state index contributed by atoms with van der Waals surface area (Å²) in [6, 6.07) is 10.8. The number of benzene rings is 2. The van der Waals surface area contributed by atoms with Crippen molar-refractivity contribution in [3.8, 4) is 16.9 Å². The Morgan fingerprint density at radius 2 is 2.00 bits per heavy atom. The topological polar surface area (TPSA) is 85.2 Å². The van der Waals surface area contributed by atoms with E-state index in [-0.39, 0.29) is 6.61 Å². The molecule has 0 saturated heterocycles. The van der Waals surface area contributed by atoms with Crippen LogP contribution in [0.3, 0.4) is 0 Å². The largest absolute Gasteiger partial charge is 0.484 e. The molecule has 0 radical (unpaired) electrons. The summed E-state index contributed by atoms with van der Waals surface area (Å²) < 4.78 is 5.22. The Morgan fingerprint density at radius 1 is 1.26 bits per heavy atom. The van der Waals surface area contributed by atoms with Crippen LogP contribution in [0.25, 0.3) is 22.0 Å². The van der Waals surface area contributed by atoms with Gasteiger partial charge in [-0.3, -0.25) is 9.59 Å². The molecule has 5 nitrogen and oxygen atoms in total. The summed E-state index contributed by atoms with van der Waals surface area (Å²) >= 11 is 6.33. The number of carbonyl (C=O) groups excluding carboxylic acids is 2. The molecule has 0 spiro atoms. The van der Waals surface area contributed by atoms with Crippen LogP contribution in [0.4, 0.5) is 0 Å². The fourth-order valence-electron chi connectivity index (χ4n) is 2.37. The van der Waals surface area contributed by atoms with E-state index >= 15 is 0 Å². The summed E-state index contributed by atoms with van der Waals surface area (Å²) in [5.41, 5.74) is 8.11. The Kier molecular flexibility index (Phi) is 4.04. The maximum Gasteiger partial charge on any atom is 0.255 e. The standard InChI is InChI=1S/C17H13ClN2O3/c18-15-6-16-14(11(8-21)7-20-16)5-13(15)10-1-3-12(4-2-10)23-9-17(19)22/h1-8,20H,9H2,(H2,19,22). The number of hydrogen-bond acceptors (Lipinski definition) is 3. The molecule has 0 saturated carbocycles. The molecule has 3 rings (SSSR count). The first-order valence-electron chi connectivity index (χ1n) is 6.86. The molecule has 0 fully saturated rings. The van der Waals surface area contributed by atoms with Gasteiger partial charge in [0.05, 0.1) is 5.02 Å². The Balaban J connectivity index is 1.97. The molecule has 1 heterocycles. The third-order valence-corrected chi connectivity index (χ3v) is 3.79. The minimum Gasteiger partial charge on any atom is -0.484 e. The summed E-state index contributed by atoms with van der Waals surface area (Å²) in [7, 11) is 0. The smallest absolute Gasteiger partial charge is 0.255 e. The summed E-state index contributed by atoms with van der Waals surface area (Å²) in [6.45, 7) is -0.169. The zero-order valence-electron chi connectivity index (χ0n) is 12.0. The number of nitrogens with one attached hydrogen (secondary N) is 1. The number of rotatable bonds is 5. The normalized spacial score (nSPS) is 10.7. The Labute approximate surface area is 137 Å². The number of primary amides is 1. The van der Waals surface area contributed by atoms with Crippen LogP contribution in [-0.4, -0.2) is 23.8 Å². The van der Waals surface area contributed by atoms with Crippen molar-refractivity contribution in [3.63, 3.8) is 0 Å². The monoisotopic (exact) mass is 328 g/mol. The van der Waals surface area contributed by atoms with E-state index in [9.17, 15) is 9.59 Å². The number of aldehydes is 1. The molecule has 23 heavy (non-hydrogen) atoms. The number of H-pyrrole nitrogens is 1. The van der Waals surface area contributed by atoms with Gasteiger partial charge in [-0.15, -0.1) is 0 Å². The lowest BCUT2D eigenvalue weighted by atomic mass is 10.0. The number of halogens is 1. The molecular weight excluding hydrogens is 316 g/mol. The second kappa shape index (κ2) is 6.14. The second-order valence-corrected chi connectivity index (χ2v) is 5.43. The van der Waals surface area contributed by atoms with Gasteiger partial charge < -0.3 is 15.5 Å². The van der Waals surface area contributed by atoms with Gasteiger partial charge in [0.1, 0.15) is 5.75 Å². The molecule has 3 aromatic rings. The van der Waals surface area contributed by atoms with Gasteiger partial charge in [-0.1, -0.05) is 23.7 Å². The maximum atomic E-state index is 11.1. The van der Waals surface area contributed by atoms with E-state index in [0.717, 1.165) is 28.3 Å². The highest BCUT2D eigenvalue weighted by Gasteiger charge is 2.10. The average molecular weight is 329 g/mol. The fraction of sp³-hybridized carbons (Fsp3) is 0.0588. The van der Waals surface area contributed by atoms with E-state index in [1.807, 2.05) is 18.2 Å². The molecule has 0 aliphatic carbocycles. The summed E-state index contributed by atoms with van der Waals surface area (Å²) in [4.78, 5) is 24.8. The molecular formula is C17H13ClN2O3. The average Bonchev–Trinajstić information content (AvgIpc) is 2.94. The van der Waals surface area contributed by atoms with Gasteiger partial charge in [0.2, 0.25) is 0 Å². The van der Waals surface area contributed by atoms with Crippen LogP contribution in [0.1, 0.15) is 10.4 Å². The summed E-state index contributed by atoms with van der Waals surface area (Å²) in [5.74, 6) is 0.0106. The zero-order chi connectivity index (χ0) is 16.4. The number of fused-ring (bicyclic) bond motifs is 1. The zero-order valence-corrected chi connectivity index (χ0v) is 12.8. The molecule has 0 aliphatic rings. The Hall–Kier alpha value is -2.79. The molecule has 1 amide bonds. The molecule has 0 aliphatic heterocycles. The van der Waals surface area contributed by atoms with Crippen LogP contribution in [0.5, 0.6) is 5.75 Å². The van der Waals surface area contributed by atoms with Crippen LogP contribution >= 0.6 is 11.6 Å². The predicted octanol–water partition coefficient (Wildman–Crippen LogP) is 3.16. The van der Waals surface area contributed by atoms with E-state index < -0.39 is 5.91 Å². The van der Waals surface area contributed by atoms with Crippen LogP contribution in [0.2, 0.25) is 5.02 Å². The van der Waals surface area contributed by atoms with Crippen molar-refractivity contribution in [1.82, 2.24) is 4.98 Å². The summed E-state index contributed by atoms with van der Waals surface area (Å²) in [6.07, 6.45) is 2.45. The molecule has 2 aromatic carbocycles. The van der Waals surface area contributed by atoms with Crippen LogP contribution in [-0.2, 0) is 4.79 Å². The summed E-state index contributed by atoms with van der Waals surface area (Å²) in [5, 5.41) is 1.39. The van der Waals surface area contributed by atoms with Crippen molar-refractivity contribution >= 4 is 34.7 Å². The molecule has 0 atom stereocenters. The van der Waals surface area contributed by atoms with E-state index in [4.69, 9.17) is 22.1 Å². The van der Waals surface area contributed by atoms with Crippen molar-refractivity contribution in [1.29, 1.82) is 0 Å². The van der Waals surface area contributed by atoms with Crippen LogP contribution < -0.4 is 10.5 Å². The number of aromatic amines is 1. The highest BCUT2D eigenvalue weighted by atomic mass is 35.5. The molecule has 116 valence electrons. The lowest BCUT2D eigenvalue weighted by molar-refractivity contribution is -0.119. The van der Waals surface area contributed by atoms with Crippen molar-refractivity contribution in [3.05, 3.63) is 53.2 Å². The first-order chi connectivity index (χ1) is 11.1. The quantitative estimate of drug-likeness (QED) is 0.705. The lowest BCUT2D eigenvalue weighted by Gasteiger charge is -2.08. The number of hydrogen-bond donors (Lipinski definition) is 2. The number of carbonyl (C=O) groups is 2. The predicted molar refractivity (Wildman–Crippen MR) is 88.8 cm³/mol. The highest BCUT2D eigenvalue weighted by molar-refractivity contribution is 6.34. The van der Waals surface area contributed by atoms with Gasteiger partial charge in [0.15, 0.2) is 12.9 Å². The minimum atomic E-state index is -0.531. The maximum absolute atomic E-state index is 11.1. The van der Waals surface area contributed by atoms with Gasteiger partial charge >= 0.3 is 0 Å². The third-order valence-electron chi connectivity index (χ3n) is 3.47. The molecule has 6 heteroatoms. The van der Waals surface area contributed by atoms with Crippen LogP contribution in [0, 0.1) is 0 Å². The van der Waals surface area contributed by atoms with Crippen LogP contribution in [0.15, 0.2) is 42.6 Å². The van der Waals surface area contributed by atoms with Crippen molar-refractivity contribution in [2.45, 2.75) is 0 Å². The second-order valence-electron chi connectivity index (χ2n) is 5.02. The van der Waals surface area contributed by atoms with Gasteiger partial charge in [0, 0.05) is 28.2 Å². The van der Waals surface area contributed by atoms with Gasteiger partial charge in [0.25, 0.3) is 5.91 Å². The first kappa shape index (κ1) is 15.1. The Bertz CT molecular complexity index is 885. The van der Waals surface area contributed by atoms with Gasteiger partial charge in [-0.25, -0.2) is 0 Å². The lowest BCUT2D eigenvalue weighted by Crippen LogP contribution is -2.19. The van der Waals surface area contributed by atoms with E-state index in [2.05, 4.69) is 4.98 Å². The fourth-order valence-corrected chi connectivity index (χ4v) is 2.64. The van der Waals surface area contributed by atoms with E-state index in [0.29, 0.717) is 16.3 Å². The molecule has 1 aromatic heterocycles. The number of ether oxygens (including phenoxy) is 1. The third kappa shape index (κ3) is 3.05.